The fraction of sp³-hybridized carbons (Fsp3) is 0.333. The first kappa shape index (κ1) is 14.1. The summed E-state index contributed by atoms with van der Waals surface area (Å²) >= 11 is 0. The molecule has 104 valence electrons. The Balaban J connectivity index is 2.26. The fourth-order valence-electron chi connectivity index (χ4n) is 2.25. The molecule has 5 nitrogen and oxygen atoms in total. The van der Waals surface area contributed by atoms with Gasteiger partial charge in [0.1, 0.15) is 6.07 Å². The number of nitriles is 1. The zero-order valence-corrected chi connectivity index (χ0v) is 11.2. The summed E-state index contributed by atoms with van der Waals surface area (Å²) in [6.45, 7) is 1.42. The molecule has 2 rings (SSSR count). The molecule has 1 aliphatic rings. The van der Waals surface area contributed by atoms with Gasteiger partial charge in [-0.2, -0.15) is 5.26 Å². The van der Waals surface area contributed by atoms with Crippen molar-refractivity contribution in [2.24, 2.45) is 0 Å². The van der Waals surface area contributed by atoms with E-state index >= 15 is 0 Å². The predicted octanol–water partition coefficient (Wildman–Crippen LogP) is 1.88. The average molecular weight is 272 g/mol. The maximum atomic E-state index is 10.5. The van der Waals surface area contributed by atoms with Crippen LogP contribution in [0, 0.1) is 11.3 Å². The van der Waals surface area contributed by atoms with Gasteiger partial charge in [0.05, 0.1) is 23.9 Å². The molecule has 1 aromatic carbocycles. The maximum Gasteiger partial charge on any atom is 0.328 e. The highest BCUT2D eigenvalue weighted by Crippen LogP contribution is 2.25. The summed E-state index contributed by atoms with van der Waals surface area (Å²) < 4.78 is 5.36. The molecule has 0 aromatic heterocycles. The smallest absolute Gasteiger partial charge is 0.328 e. The maximum absolute atomic E-state index is 10.5. The second-order valence-electron chi connectivity index (χ2n) is 4.69. The van der Waals surface area contributed by atoms with Gasteiger partial charge >= 0.3 is 5.97 Å². The SMILES string of the molecule is CN(c1ccc(/C=C/C(=O)O)cc1C#N)C1CCOC1. The van der Waals surface area contributed by atoms with Crippen LogP contribution >= 0.6 is 0 Å². The molecule has 0 aliphatic carbocycles. The van der Waals surface area contributed by atoms with Crippen LogP contribution in [0.25, 0.3) is 6.08 Å². The lowest BCUT2D eigenvalue weighted by Crippen LogP contribution is -2.32. The average Bonchev–Trinajstić information content (AvgIpc) is 2.98. The van der Waals surface area contributed by atoms with Crippen molar-refractivity contribution >= 4 is 17.7 Å². The topological polar surface area (TPSA) is 73.6 Å². The van der Waals surface area contributed by atoms with E-state index in [9.17, 15) is 10.1 Å². The van der Waals surface area contributed by atoms with Gasteiger partial charge in [0.25, 0.3) is 0 Å². The third-order valence-electron chi connectivity index (χ3n) is 3.39. The van der Waals surface area contributed by atoms with Crippen molar-refractivity contribution in [3.05, 3.63) is 35.4 Å². The highest BCUT2D eigenvalue weighted by atomic mass is 16.5. The Morgan fingerprint density at radius 3 is 3.00 bits per heavy atom. The quantitative estimate of drug-likeness (QED) is 0.847. The molecule has 0 bridgehead atoms. The molecule has 0 spiro atoms. The van der Waals surface area contributed by atoms with Crippen LogP contribution in [0.4, 0.5) is 5.69 Å². The Morgan fingerprint density at radius 2 is 2.40 bits per heavy atom. The van der Waals surface area contributed by atoms with Gasteiger partial charge in [-0.05, 0) is 30.2 Å². The van der Waals surface area contributed by atoms with Crippen molar-refractivity contribution in [1.82, 2.24) is 0 Å². The number of likely N-dealkylation sites (N-methyl/N-ethyl adjacent to an activating group) is 1. The number of hydrogen-bond acceptors (Lipinski definition) is 4. The number of hydrogen-bond donors (Lipinski definition) is 1. The number of rotatable bonds is 4. The Labute approximate surface area is 117 Å². The van der Waals surface area contributed by atoms with Gasteiger partial charge in [-0.1, -0.05) is 6.07 Å². The van der Waals surface area contributed by atoms with Crippen LogP contribution in [-0.2, 0) is 9.53 Å². The van der Waals surface area contributed by atoms with Gasteiger partial charge in [-0.3, -0.25) is 0 Å². The molecule has 1 unspecified atom stereocenters. The molecule has 1 aromatic rings. The van der Waals surface area contributed by atoms with Crippen molar-refractivity contribution < 1.29 is 14.6 Å². The highest BCUT2D eigenvalue weighted by molar-refractivity contribution is 5.85. The van der Waals surface area contributed by atoms with Crippen molar-refractivity contribution in [3.8, 4) is 6.07 Å². The number of aliphatic carboxylic acids is 1. The molecule has 1 N–H and O–H groups in total. The van der Waals surface area contributed by atoms with E-state index in [0.29, 0.717) is 17.7 Å². The fourth-order valence-corrected chi connectivity index (χ4v) is 2.25. The van der Waals surface area contributed by atoms with Crippen molar-refractivity contribution in [2.75, 3.05) is 25.2 Å². The highest BCUT2D eigenvalue weighted by Gasteiger charge is 2.22. The predicted molar refractivity (Wildman–Crippen MR) is 75.5 cm³/mol. The molecule has 1 saturated heterocycles. The second-order valence-corrected chi connectivity index (χ2v) is 4.69. The van der Waals surface area contributed by atoms with Crippen LogP contribution in [0.3, 0.4) is 0 Å². The summed E-state index contributed by atoms with van der Waals surface area (Å²) in [6.07, 6.45) is 3.48. The minimum absolute atomic E-state index is 0.280. The molecule has 1 atom stereocenters. The van der Waals surface area contributed by atoms with Crippen LogP contribution < -0.4 is 4.90 Å². The molecule has 1 heterocycles. The van der Waals surface area contributed by atoms with E-state index in [1.165, 1.54) is 6.08 Å². The van der Waals surface area contributed by atoms with Gasteiger partial charge in [-0.15, -0.1) is 0 Å². The number of carbonyl (C=O) groups is 1. The van der Waals surface area contributed by atoms with Crippen molar-refractivity contribution in [1.29, 1.82) is 5.26 Å². The molecule has 20 heavy (non-hydrogen) atoms. The summed E-state index contributed by atoms with van der Waals surface area (Å²) in [5, 5.41) is 17.9. The number of benzene rings is 1. The number of anilines is 1. The standard InChI is InChI=1S/C15H16N2O3/c1-17(13-6-7-20-10-13)14-4-2-11(3-5-15(18)19)8-12(14)9-16/h2-5,8,13H,6-7,10H2,1H3,(H,18,19)/b5-3+. The minimum atomic E-state index is -1.01. The van der Waals surface area contributed by atoms with E-state index < -0.39 is 5.97 Å². The summed E-state index contributed by atoms with van der Waals surface area (Å²) in [6, 6.07) is 7.79. The van der Waals surface area contributed by atoms with Crippen molar-refractivity contribution in [3.63, 3.8) is 0 Å². The Bertz CT molecular complexity index is 569. The first-order chi connectivity index (χ1) is 9.61. The van der Waals surface area contributed by atoms with Crippen LogP contribution in [-0.4, -0.2) is 37.4 Å². The van der Waals surface area contributed by atoms with Crippen LogP contribution in [0.2, 0.25) is 0 Å². The number of carboxylic acids is 1. The lowest BCUT2D eigenvalue weighted by molar-refractivity contribution is -0.131. The lowest BCUT2D eigenvalue weighted by Gasteiger charge is -2.26. The normalized spacial score (nSPS) is 18.1. The van der Waals surface area contributed by atoms with E-state index in [0.717, 1.165) is 24.8 Å². The minimum Gasteiger partial charge on any atom is -0.478 e. The summed E-state index contributed by atoms with van der Waals surface area (Å²) in [7, 11) is 1.95. The summed E-state index contributed by atoms with van der Waals surface area (Å²) in [5.41, 5.74) is 2.08. The summed E-state index contributed by atoms with van der Waals surface area (Å²) in [5.74, 6) is -1.01. The van der Waals surface area contributed by atoms with Crippen LogP contribution in [0.15, 0.2) is 24.3 Å². The monoisotopic (exact) mass is 272 g/mol. The van der Waals surface area contributed by atoms with Gasteiger partial charge < -0.3 is 14.7 Å². The second kappa shape index (κ2) is 6.22. The molecular weight excluding hydrogens is 256 g/mol. The van der Waals surface area contributed by atoms with E-state index in [2.05, 4.69) is 11.0 Å². The molecule has 1 fully saturated rings. The van der Waals surface area contributed by atoms with E-state index in [1.54, 1.807) is 6.07 Å². The molecule has 0 radical (unpaired) electrons. The summed E-state index contributed by atoms with van der Waals surface area (Å²) in [4.78, 5) is 12.6. The van der Waals surface area contributed by atoms with Crippen LogP contribution in [0.5, 0.6) is 0 Å². The van der Waals surface area contributed by atoms with E-state index in [4.69, 9.17) is 9.84 Å². The third kappa shape index (κ3) is 3.16. The van der Waals surface area contributed by atoms with Crippen molar-refractivity contribution in [2.45, 2.75) is 12.5 Å². The zero-order valence-electron chi connectivity index (χ0n) is 11.2. The van der Waals surface area contributed by atoms with Gasteiger partial charge in [0.15, 0.2) is 0 Å². The Kier molecular flexibility index (Phi) is 4.38. The van der Waals surface area contributed by atoms with Gasteiger partial charge in [-0.25, -0.2) is 4.79 Å². The molecular formula is C15H16N2O3. The van der Waals surface area contributed by atoms with E-state index in [-0.39, 0.29) is 6.04 Å². The molecule has 0 amide bonds. The lowest BCUT2D eigenvalue weighted by atomic mass is 10.1. The van der Waals surface area contributed by atoms with E-state index in [1.807, 2.05) is 19.2 Å². The van der Waals surface area contributed by atoms with Gasteiger partial charge in [0, 0.05) is 19.7 Å². The molecule has 5 heteroatoms. The first-order valence-corrected chi connectivity index (χ1v) is 6.37. The Hall–Kier alpha value is -2.32. The largest absolute Gasteiger partial charge is 0.478 e. The third-order valence-corrected chi connectivity index (χ3v) is 3.39. The molecule has 1 aliphatic heterocycles. The number of carboxylic acid groups (broad SMARTS) is 1. The number of ether oxygens (including phenoxy) is 1. The van der Waals surface area contributed by atoms with Gasteiger partial charge in [0.2, 0.25) is 0 Å². The molecule has 0 saturated carbocycles. The Morgan fingerprint density at radius 1 is 1.60 bits per heavy atom. The first-order valence-electron chi connectivity index (χ1n) is 6.37. The van der Waals surface area contributed by atoms with Crippen LogP contribution in [0.1, 0.15) is 17.5 Å². The zero-order chi connectivity index (χ0) is 14.5. The number of nitrogens with zero attached hydrogens (tertiary/aromatic N) is 2.